The van der Waals surface area contributed by atoms with Gasteiger partial charge in [-0.25, -0.2) is 0 Å². The molecule has 1 rings (SSSR count). The summed E-state index contributed by atoms with van der Waals surface area (Å²) in [7, 11) is 0. The van der Waals surface area contributed by atoms with Crippen LogP contribution in [-0.4, -0.2) is 16.3 Å². The van der Waals surface area contributed by atoms with Gasteiger partial charge in [0.2, 0.25) is 0 Å². The molecule has 0 saturated carbocycles. The van der Waals surface area contributed by atoms with Gasteiger partial charge in [-0.15, -0.1) is 0 Å². The van der Waals surface area contributed by atoms with Gasteiger partial charge in [0, 0.05) is 6.54 Å². The molecule has 1 heterocycles. The minimum atomic E-state index is 0.325. The van der Waals surface area contributed by atoms with Crippen molar-refractivity contribution in [2.24, 2.45) is 5.92 Å². The molecule has 0 bridgehead atoms. The van der Waals surface area contributed by atoms with Gasteiger partial charge in [-0.3, -0.25) is 4.68 Å². The Bertz CT molecular complexity index is 383. The van der Waals surface area contributed by atoms with Crippen molar-refractivity contribution in [3.05, 3.63) is 16.9 Å². The Labute approximate surface area is 135 Å². The highest BCUT2D eigenvalue weighted by molar-refractivity contribution is 6.31. The predicted octanol–water partition coefficient (Wildman–Crippen LogP) is 5.20. The van der Waals surface area contributed by atoms with Crippen molar-refractivity contribution in [2.75, 3.05) is 6.54 Å². The van der Waals surface area contributed by atoms with Gasteiger partial charge in [0.25, 0.3) is 0 Å². The number of hydrogen-bond acceptors (Lipinski definition) is 2. The largest absolute Gasteiger partial charge is 0.308 e. The summed E-state index contributed by atoms with van der Waals surface area (Å²) in [5, 5.41) is 9.03. The molecule has 4 heteroatoms. The number of hydrogen-bond donors (Lipinski definition) is 1. The Kier molecular flexibility index (Phi) is 9.02. The normalized spacial score (nSPS) is 13.0. The molecule has 0 spiro atoms. The molecular weight excluding hydrogens is 282 g/mol. The highest BCUT2D eigenvalue weighted by atomic mass is 35.5. The van der Waals surface area contributed by atoms with Gasteiger partial charge in [-0.1, -0.05) is 52.1 Å². The summed E-state index contributed by atoms with van der Waals surface area (Å²) in [4.78, 5) is 0. The van der Waals surface area contributed by atoms with Gasteiger partial charge >= 0.3 is 0 Å². The molecule has 122 valence electrons. The second-order valence-corrected chi connectivity index (χ2v) is 6.28. The number of nitrogens with zero attached hydrogens (tertiary/aromatic N) is 2. The predicted molar refractivity (Wildman–Crippen MR) is 91.9 cm³/mol. The first-order valence-corrected chi connectivity index (χ1v) is 9.01. The first-order valence-electron chi connectivity index (χ1n) is 8.63. The molecule has 3 nitrogen and oxygen atoms in total. The third-order valence-electron chi connectivity index (χ3n) is 3.97. The summed E-state index contributed by atoms with van der Waals surface area (Å²) < 4.78 is 2.11. The van der Waals surface area contributed by atoms with Crippen LogP contribution < -0.4 is 5.32 Å². The van der Waals surface area contributed by atoms with Gasteiger partial charge in [-0.2, -0.15) is 5.10 Å². The molecule has 1 aromatic rings. The summed E-state index contributed by atoms with van der Waals surface area (Å²) in [6.07, 6.45) is 8.94. The van der Waals surface area contributed by atoms with Crippen molar-refractivity contribution < 1.29 is 0 Å². The summed E-state index contributed by atoms with van der Waals surface area (Å²) in [6, 6.07) is 0.325. The van der Waals surface area contributed by atoms with Crippen molar-refractivity contribution in [1.29, 1.82) is 0 Å². The lowest BCUT2D eigenvalue weighted by Crippen LogP contribution is -2.31. The number of halogens is 1. The maximum Gasteiger partial charge on any atom is 0.0834 e. The molecule has 0 amide bonds. The average Bonchev–Trinajstić information content (AvgIpc) is 2.82. The number of nitrogens with one attached hydrogen (secondary N) is 1. The lowest BCUT2D eigenvalue weighted by molar-refractivity contribution is 0.300. The Balaban J connectivity index is 3.06. The summed E-state index contributed by atoms with van der Waals surface area (Å²) >= 11 is 6.48. The van der Waals surface area contributed by atoms with Crippen LogP contribution >= 0.6 is 11.6 Å². The third-order valence-corrected chi connectivity index (χ3v) is 4.26. The van der Waals surface area contributed by atoms with Crippen molar-refractivity contribution in [2.45, 2.75) is 78.8 Å². The standard InChI is InChI=1S/C17H32ClN3/c1-5-9-14(10-6-2)16(19-11-7-3)17-15(18)13-20-21(17)12-8-4/h13-14,16,19H,5-12H2,1-4H3. The fourth-order valence-electron chi connectivity index (χ4n) is 3.08. The van der Waals surface area contributed by atoms with E-state index in [1.165, 1.54) is 31.4 Å². The van der Waals surface area contributed by atoms with Crippen LogP contribution in [0.2, 0.25) is 5.02 Å². The summed E-state index contributed by atoms with van der Waals surface area (Å²) in [6.45, 7) is 10.9. The minimum Gasteiger partial charge on any atom is -0.308 e. The van der Waals surface area contributed by atoms with Crippen LogP contribution in [0.3, 0.4) is 0 Å². The van der Waals surface area contributed by atoms with E-state index < -0.39 is 0 Å². The van der Waals surface area contributed by atoms with Crippen LogP contribution in [0.1, 0.15) is 78.0 Å². The first-order chi connectivity index (χ1) is 10.2. The SMILES string of the molecule is CCCNC(c1c(Cl)cnn1CCC)C(CCC)CCC. The van der Waals surface area contributed by atoms with E-state index in [9.17, 15) is 0 Å². The third kappa shape index (κ3) is 5.30. The number of aromatic nitrogens is 2. The molecule has 0 fully saturated rings. The lowest BCUT2D eigenvalue weighted by Gasteiger charge is -2.29. The first kappa shape index (κ1) is 18.5. The average molecular weight is 314 g/mol. The number of rotatable bonds is 11. The molecule has 1 atom stereocenters. The molecule has 21 heavy (non-hydrogen) atoms. The molecule has 1 aromatic heterocycles. The summed E-state index contributed by atoms with van der Waals surface area (Å²) in [5.41, 5.74) is 1.19. The maximum atomic E-state index is 6.48. The summed E-state index contributed by atoms with van der Waals surface area (Å²) in [5.74, 6) is 0.636. The van der Waals surface area contributed by atoms with Crippen LogP contribution in [0, 0.1) is 5.92 Å². The van der Waals surface area contributed by atoms with Crippen LogP contribution in [0.25, 0.3) is 0 Å². The van der Waals surface area contributed by atoms with Crippen LogP contribution in [0.5, 0.6) is 0 Å². The van der Waals surface area contributed by atoms with Crippen LogP contribution in [0.15, 0.2) is 6.20 Å². The van der Waals surface area contributed by atoms with Gasteiger partial charge in [-0.05, 0) is 38.1 Å². The Morgan fingerprint density at radius 2 is 1.76 bits per heavy atom. The van der Waals surface area contributed by atoms with Gasteiger partial charge in [0.1, 0.15) is 0 Å². The van der Waals surface area contributed by atoms with E-state index in [1.807, 2.05) is 6.20 Å². The molecule has 0 radical (unpaired) electrons. The highest BCUT2D eigenvalue weighted by Gasteiger charge is 2.27. The number of aryl methyl sites for hydroxylation is 1. The zero-order valence-corrected chi connectivity index (χ0v) is 14.9. The van der Waals surface area contributed by atoms with Gasteiger partial charge in [0.05, 0.1) is 23.0 Å². The molecule has 0 aromatic carbocycles. The zero-order chi connectivity index (χ0) is 15.7. The lowest BCUT2D eigenvalue weighted by atomic mass is 9.88. The second kappa shape index (κ2) is 10.2. The van der Waals surface area contributed by atoms with Crippen LogP contribution in [-0.2, 0) is 6.54 Å². The van der Waals surface area contributed by atoms with E-state index in [0.29, 0.717) is 12.0 Å². The molecule has 0 aliphatic carbocycles. The Morgan fingerprint density at radius 1 is 1.10 bits per heavy atom. The van der Waals surface area contributed by atoms with E-state index >= 15 is 0 Å². The minimum absolute atomic E-state index is 0.325. The van der Waals surface area contributed by atoms with Crippen molar-refractivity contribution in [1.82, 2.24) is 15.1 Å². The second-order valence-electron chi connectivity index (χ2n) is 5.87. The van der Waals surface area contributed by atoms with Crippen molar-refractivity contribution in [3.8, 4) is 0 Å². The van der Waals surface area contributed by atoms with E-state index in [2.05, 4.69) is 42.8 Å². The smallest absolute Gasteiger partial charge is 0.0834 e. The van der Waals surface area contributed by atoms with E-state index in [0.717, 1.165) is 31.0 Å². The molecule has 1 N–H and O–H groups in total. The Hall–Kier alpha value is -0.540. The monoisotopic (exact) mass is 313 g/mol. The fraction of sp³-hybridized carbons (Fsp3) is 0.824. The van der Waals surface area contributed by atoms with Crippen LogP contribution in [0.4, 0.5) is 0 Å². The molecular formula is C17H32ClN3. The molecule has 1 unspecified atom stereocenters. The van der Waals surface area contributed by atoms with E-state index in [1.54, 1.807) is 0 Å². The van der Waals surface area contributed by atoms with Crippen molar-refractivity contribution in [3.63, 3.8) is 0 Å². The van der Waals surface area contributed by atoms with E-state index in [-0.39, 0.29) is 0 Å². The topological polar surface area (TPSA) is 29.9 Å². The van der Waals surface area contributed by atoms with E-state index in [4.69, 9.17) is 11.6 Å². The molecule has 0 aliphatic heterocycles. The quantitative estimate of drug-likeness (QED) is 0.608. The van der Waals surface area contributed by atoms with Gasteiger partial charge < -0.3 is 5.32 Å². The zero-order valence-electron chi connectivity index (χ0n) is 14.2. The molecule has 0 saturated heterocycles. The maximum absolute atomic E-state index is 6.48. The molecule has 0 aliphatic rings. The van der Waals surface area contributed by atoms with Gasteiger partial charge in [0.15, 0.2) is 0 Å². The van der Waals surface area contributed by atoms with Crippen molar-refractivity contribution >= 4 is 11.6 Å². The highest BCUT2D eigenvalue weighted by Crippen LogP contribution is 2.33. The Morgan fingerprint density at radius 3 is 2.29 bits per heavy atom. The fourth-order valence-corrected chi connectivity index (χ4v) is 3.34.